The van der Waals surface area contributed by atoms with Gasteiger partial charge in [-0.25, -0.2) is 4.57 Å². The van der Waals surface area contributed by atoms with Crippen LogP contribution < -0.4 is 5.73 Å². The van der Waals surface area contributed by atoms with Crippen LogP contribution in [0.2, 0.25) is 0 Å². The fourth-order valence-electron chi connectivity index (χ4n) is 3.88. The van der Waals surface area contributed by atoms with Gasteiger partial charge in [-0.15, -0.1) is 0 Å². The first-order chi connectivity index (χ1) is 15.0. The molecule has 1 unspecified atom stereocenters. The molecule has 2 N–H and O–H groups in total. The van der Waals surface area contributed by atoms with Gasteiger partial charge in [-0.3, -0.25) is 32.9 Å². The maximum Gasteiger partial charge on any atom is 0.475 e. The number of allylic oxidation sites excluding steroid dienone is 1. The number of rotatable bonds is 8. The van der Waals surface area contributed by atoms with Crippen LogP contribution in [0.4, 0.5) is 0 Å². The summed E-state index contributed by atoms with van der Waals surface area (Å²) in [5, 5.41) is 0. The number of hydrogen-bond donors (Lipinski definition) is 1. The van der Waals surface area contributed by atoms with Crippen LogP contribution in [0.15, 0.2) is 12.3 Å². The second kappa shape index (κ2) is 9.70. The van der Waals surface area contributed by atoms with Crippen molar-refractivity contribution in [2.45, 2.75) is 77.0 Å². The van der Waals surface area contributed by atoms with Crippen molar-refractivity contribution in [1.82, 2.24) is 4.90 Å². The molecule has 0 bridgehead atoms. The molecule has 0 saturated carbocycles. The molecule has 11 nitrogen and oxygen atoms in total. The van der Waals surface area contributed by atoms with Crippen molar-refractivity contribution in [2.24, 2.45) is 11.7 Å². The number of nitrogens with zero attached hydrogens (tertiary/aromatic N) is 1. The van der Waals surface area contributed by atoms with E-state index in [1.165, 1.54) is 17.2 Å². The smallest absolute Gasteiger partial charge is 0.463 e. The summed E-state index contributed by atoms with van der Waals surface area (Å²) in [4.78, 5) is 37.1. The number of ketones is 1. The van der Waals surface area contributed by atoms with E-state index in [2.05, 4.69) is 0 Å². The summed E-state index contributed by atoms with van der Waals surface area (Å²) in [7, 11) is -3.97. The first-order valence-electron chi connectivity index (χ1n) is 10.7. The van der Waals surface area contributed by atoms with Gasteiger partial charge < -0.3 is 15.2 Å². The lowest BCUT2D eigenvalue weighted by Gasteiger charge is -2.38. The molecule has 0 aromatic carbocycles. The Balaban J connectivity index is 1.62. The van der Waals surface area contributed by atoms with E-state index in [1.54, 1.807) is 20.8 Å². The molecule has 0 aromatic heterocycles. The predicted octanol–water partition coefficient (Wildman–Crippen LogP) is 1.65. The first kappa shape index (κ1) is 25.0. The van der Waals surface area contributed by atoms with Crippen molar-refractivity contribution in [3.05, 3.63) is 12.3 Å². The fourth-order valence-corrected chi connectivity index (χ4v) is 5.37. The summed E-state index contributed by atoms with van der Waals surface area (Å²) >= 11 is 0. The number of phosphoric ester groups is 1. The van der Waals surface area contributed by atoms with E-state index in [-0.39, 0.29) is 43.9 Å². The van der Waals surface area contributed by atoms with E-state index in [9.17, 15) is 18.9 Å². The Labute approximate surface area is 187 Å². The van der Waals surface area contributed by atoms with Crippen molar-refractivity contribution in [1.29, 1.82) is 0 Å². The molecular weight excluding hydrogens is 443 g/mol. The second-order valence-corrected chi connectivity index (χ2v) is 10.3. The molecule has 32 heavy (non-hydrogen) atoms. The van der Waals surface area contributed by atoms with Crippen LogP contribution >= 0.6 is 7.82 Å². The zero-order chi connectivity index (χ0) is 23.7. The summed E-state index contributed by atoms with van der Waals surface area (Å²) in [6, 6.07) is 0. The van der Waals surface area contributed by atoms with Gasteiger partial charge in [0.2, 0.25) is 5.91 Å². The number of carbonyl (C=O) groups excluding carboxylic acids is 3. The van der Waals surface area contributed by atoms with Crippen molar-refractivity contribution in [3.8, 4) is 0 Å². The number of amides is 1. The van der Waals surface area contributed by atoms with Crippen LogP contribution in [-0.2, 0) is 42.0 Å². The maximum atomic E-state index is 13.0. The third kappa shape index (κ3) is 5.30. The predicted molar refractivity (Wildman–Crippen MR) is 111 cm³/mol. The molecular formula is C20H31N2O9P. The van der Waals surface area contributed by atoms with Crippen LogP contribution in [0.5, 0.6) is 0 Å². The molecule has 6 atom stereocenters. The molecule has 180 valence electrons. The van der Waals surface area contributed by atoms with Crippen LogP contribution in [0, 0.1) is 5.92 Å². The summed E-state index contributed by atoms with van der Waals surface area (Å²) < 4.78 is 40.5. The second-order valence-electron chi connectivity index (χ2n) is 8.63. The Hall–Kier alpha value is -1.62. The number of esters is 1. The van der Waals surface area contributed by atoms with Crippen molar-refractivity contribution in [3.63, 3.8) is 0 Å². The van der Waals surface area contributed by atoms with Gasteiger partial charge in [-0.2, -0.15) is 0 Å². The average Bonchev–Trinajstić information content (AvgIpc) is 2.95. The molecule has 0 aliphatic carbocycles. The summed E-state index contributed by atoms with van der Waals surface area (Å²) in [6.45, 7) is 6.86. The zero-order valence-corrected chi connectivity index (χ0v) is 19.6. The number of carbonyl (C=O) groups is 3. The Morgan fingerprint density at radius 3 is 2.75 bits per heavy atom. The van der Waals surface area contributed by atoms with E-state index >= 15 is 0 Å². The molecule has 3 rings (SSSR count). The SMILES string of the molecule is CCC(CCO[P@@]1(=O)OC[C@H]2O[C@@H](N3C=CC(=O)CC3=O)[C@](C)(N)[C@@H]2O1)C(=O)OC(C)C. The van der Waals surface area contributed by atoms with Crippen molar-refractivity contribution >= 4 is 25.5 Å². The molecule has 3 heterocycles. The van der Waals surface area contributed by atoms with Gasteiger partial charge in [-0.05, 0) is 39.7 Å². The molecule has 0 aromatic rings. The Morgan fingerprint density at radius 1 is 1.41 bits per heavy atom. The molecule has 2 fully saturated rings. The number of fused-ring (bicyclic) bond motifs is 1. The van der Waals surface area contributed by atoms with E-state index in [0.717, 1.165) is 0 Å². The minimum atomic E-state index is -3.97. The standard InChI is InChI=1S/C20H31N2O9P/c1-5-13(18(25)29-12(2)3)7-9-27-32(26)28-11-15-17(31-32)20(4,21)19(30-15)22-8-6-14(23)10-16(22)24/h6,8,12-13,15,17,19H,5,7,9-11,21H2,1-4H3/t13?,15-,17-,19-,20-,32+/m1/s1. The Morgan fingerprint density at radius 2 is 2.12 bits per heavy atom. The minimum absolute atomic E-state index is 0.0403. The van der Waals surface area contributed by atoms with Gasteiger partial charge >= 0.3 is 13.8 Å². The number of hydrogen-bond acceptors (Lipinski definition) is 10. The van der Waals surface area contributed by atoms with Gasteiger partial charge in [0.1, 0.15) is 12.2 Å². The molecule has 3 aliphatic heterocycles. The fraction of sp³-hybridized carbons (Fsp3) is 0.750. The van der Waals surface area contributed by atoms with Crippen molar-refractivity contribution < 1.29 is 42.0 Å². The summed E-state index contributed by atoms with van der Waals surface area (Å²) in [5.41, 5.74) is 5.20. The molecule has 0 radical (unpaired) electrons. The Kier molecular flexibility index (Phi) is 7.59. The van der Waals surface area contributed by atoms with Crippen molar-refractivity contribution in [2.75, 3.05) is 13.2 Å². The normalized spacial score (nSPS) is 35.8. The minimum Gasteiger partial charge on any atom is -0.463 e. The van der Waals surface area contributed by atoms with Crippen LogP contribution in [0.1, 0.15) is 47.0 Å². The van der Waals surface area contributed by atoms with E-state index < -0.39 is 43.6 Å². The summed E-state index contributed by atoms with van der Waals surface area (Å²) in [6.07, 6.45) is 0.452. The largest absolute Gasteiger partial charge is 0.475 e. The molecule has 0 spiro atoms. The monoisotopic (exact) mass is 474 g/mol. The van der Waals surface area contributed by atoms with Crippen LogP contribution in [0.25, 0.3) is 0 Å². The lowest BCUT2D eigenvalue weighted by molar-refractivity contribution is -0.153. The quantitative estimate of drug-likeness (QED) is 0.313. The van der Waals surface area contributed by atoms with Gasteiger partial charge in [0.15, 0.2) is 12.0 Å². The lowest BCUT2D eigenvalue weighted by Crippen LogP contribution is -2.60. The van der Waals surface area contributed by atoms with Gasteiger partial charge in [0.25, 0.3) is 0 Å². The van der Waals surface area contributed by atoms with E-state index in [4.69, 9.17) is 28.8 Å². The maximum absolute atomic E-state index is 13.0. The molecule has 2 saturated heterocycles. The number of nitrogens with two attached hydrogens (primary N) is 1. The topological polar surface area (TPSA) is 144 Å². The molecule has 1 amide bonds. The van der Waals surface area contributed by atoms with E-state index in [1.807, 2.05) is 6.92 Å². The third-order valence-corrected chi connectivity index (χ3v) is 7.06. The summed E-state index contributed by atoms with van der Waals surface area (Å²) in [5.74, 6) is -1.49. The first-order valence-corrected chi connectivity index (χ1v) is 12.2. The highest BCUT2D eigenvalue weighted by molar-refractivity contribution is 7.48. The highest BCUT2D eigenvalue weighted by atomic mass is 31.2. The van der Waals surface area contributed by atoms with Crippen LogP contribution in [0.3, 0.4) is 0 Å². The Bertz CT molecular complexity index is 828. The van der Waals surface area contributed by atoms with Gasteiger partial charge in [-0.1, -0.05) is 6.92 Å². The molecule has 3 aliphatic rings. The van der Waals surface area contributed by atoms with Gasteiger partial charge in [0, 0.05) is 6.20 Å². The van der Waals surface area contributed by atoms with Gasteiger partial charge in [0.05, 0.1) is 37.2 Å². The number of phosphoric acid groups is 1. The highest BCUT2D eigenvalue weighted by Crippen LogP contribution is 2.57. The lowest BCUT2D eigenvalue weighted by atomic mass is 9.92. The van der Waals surface area contributed by atoms with E-state index in [0.29, 0.717) is 6.42 Å². The third-order valence-electron chi connectivity index (χ3n) is 5.61. The number of ether oxygens (including phenoxy) is 2. The highest BCUT2D eigenvalue weighted by Gasteiger charge is 2.60. The average molecular weight is 474 g/mol. The molecule has 12 heteroatoms. The van der Waals surface area contributed by atoms with Crippen LogP contribution in [-0.4, -0.2) is 65.9 Å². The zero-order valence-electron chi connectivity index (χ0n) is 18.7.